The van der Waals surface area contributed by atoms with Gasteiger partial charge in [0.2, 0.25) is 0 Å². The fraction of sp³-hybridized carbons (Fsp3) is 0.136. The van der Waals surface area contributed by atoms with Gasteiger partial charge in [-0.25, -0.2) is 13.4 Å². The van der Waals surface area contributed by atoms with E-state index in [1.807, 2.05) is 25.1 Å². The Morgan fingerprint density at radius 3 is 2.29 bits per heavy atom. The quantitative estimate of drug-likeness (QED) is 0.277. The van der Waals surface area contributed by atoms with Crippen molar-refractivity contribution < 1.29 is 26.3 Å². The van der Waals surface area contributed by atoms with E-state index in [9.17, 15) is 21.6 Å². The molecular formula is C22H15Cl2F3N2O3S2. The second-order valence-electron chi connectivity index (χ2n) is 7.41. The number of nitrogens with one attached hydrogen (secondary N) is 1. The molecular weight excluding hydrogens is 532 g/mol. The number of alkyl halides is 3. The summed E-state index contributed by atoms with van der Waals surface area (Å²) in [4.78, 5) is 4.07. The number of sulfonamides is 1. The van der Waals surface area contributed by atoms with Crippen LogP contribution in [0.15, 0.2) is 53.4 Å². The first-order valence-corrected chi connectivity index (χ1v) is 12.6. The first kappa shape index (κ1) is 24.6. The number of fused-ring (bicyclic) bond motifs is 1. The predicted molar refractivity (Wildman–Crippen MR) is 128 cm³/mol. The van der Waals surface area contributed by atoms with Crippen molar-refractivity contribution in [2.75, 3.05) is 4.72 Å². The molecule has 0 aliphatic rings. The molecule has 0 amide bonds. The number of aryl methyl sites for hydroxylation is 2. The molecule has 0 unspecified atom stereocenters. The average Bonchev–Trinajstić information content (AvgIpc) is 3.11. The minimum absolute atomic E-state index is 0.0153. The maximum atomic E-state index is 12.9. The van der Waals surface area contributed by atoms with Crippen molar-refractivity contribution in [3.05, 3.63) is 75.3 Å². The Bertz CT molecular complexity index is 1500. The molecule has 0 aliphatic heterocycles. The van der Waals surface area contributed by atoms with E-state index in [0.29, 0.717) is 11.3 Å². The number of hydrogen-bond donors (Lipinski definition) is 1. The standard InChI is InChI=1S/C22H15Cl2F3N2O3S2/c1-11-3-5-17-18(7-11)33-21(28-17)32-20-15(23)9-14(10-16(20)24)29-34(30,31)19-6-4-13(8-12(19)2)22(25,26)27/h3-10,29H,1-2H3. The topological polar surface area (TPSA) is 68.3 Å². The summed E-state index contributed by atoms with van der Waals surface area (Å²) in [6, 6.07) is 10.7. The maximum absolute atomic E-state index is 12.9. The van der Waals surface area contributed by atoms with E-state index in [0.717, 1.165) is 27.9 Å². The number of hydrogen-bond acceptors (Lipinski definition) is 5. The summed E-state index contributed by atoms with van der Waals surface area (Å²) in [6.07, 6.45) is -4.58. The molecule has 3 aromatic carbocycles. The first-order valence-electron chi connectivity index (χ1n) is 9.58. The largest absolute Gasteiger partial charge is 0.428 e. The molecule has 1 N–H and O–H groups in total. The number of benzene rings is 3. The van der Waals surface area contributed by atoms with Crippen molar-refractivity contribution in [3.63, 3.8) is 0 Å². The van der Waals surface area contributed by atoms with Gasteiger partial charge in [0.15, 0.2) is 5.75 Å². The van der Waals surface area contributed by atoms with Crippen molar-refractivity contribution in [2.24, 2.45) is 0 Å². The summed E-state index contributed by atoms with van der Waals surface area (Å²) >= 11 is 13.9. The molecule has 0 spiro atoms. The van der Waals surface area contributed by atoms with Gasteiger partial charge in [-0.2, -0.15) is 13.2 Å². The molecule has 0 fully saturated rings. The summed E-state index contributed by atoms with van der Waals surface area (Å²) in [6.45, 7) is 3.24. The lowest BCUT2D eigenvalue weighted by Crippen LogP contribution is -2.15. The monoisotopic (exact) mass is 546 g/mol. The molecule has 0 atom stereocenters. The van der Waals surface area contributed by atoms with Crippen molar-refractivity contribution in [2.45, 2.75) is 24.9 Å². The average molecular weight is 547 g/mol. The van der Waals surface area contributed by atoms with Crippen molar-refractivity contribution in [1.82, 2.24) is 4.98 Å². The molecule has 0 aliphatic carbocycles. The summed E-state index contributed by atoms with van der Waals surface area (Å²) in [5.74, 6) is 0.0905. The summed E-state index contributed by atoms with van der Waals surface area (Å²) in [7, 11) is -4.22. The van der Waals surface area contributed by atoms with E-state index < -0.39 is 21.8 Å². The zero-order chi connectivity index (χ0) is 24.8. The van der Waals surface area contributed by atoms with Crippen LogP contribution in [0.3, 0.4) is 0 Å². The van der Waals surface area contributed by atoms with Crippen LogP contribution in [0.2, 0.25) is 10.0 Å². The zero-order valence-corrected chi connectivity index (χ0v) is 20.6. The van der Waals surface area contributed by atoms with Gasteiger partial charge in [0.05, 0.1) is 36.4 Å². The Morgan fingerprint density at radius 2 is 1.68 bits per heavy atom. The zero-order valence-electron chi connectivity index (χ0n) is 17.5. The minimum atomic E-state index is -4.58. The summed E-state index contributed by atoms with van der Waals surface area (Å²) in [5, 5.41) is 0.340. The lowest BCUT2D eigenvalue weighted by molar-refractivity contribution is -0.137. The molecule has 1 heterocycles. The van der Waals surface area contributed by atoms with Crippen LogP contribution in [-0.2, 0) is 16.2 Å². The van der Waals surface area contributed by atoms with Gasteiger partial charge in [-0.3, -0.25) is 4.72 Å². The number of nitrogens with zero attached hydrogens (tertiary/aromatic N) is 1. The second-order valence-corrected chi connectivity index (χ2v) is 10.9. The van der Waals surface area contributed by atoms with Gasteiger partial charge >= 0.3 is 6.18 Å². The molecule has 12 heteroatoms. The first-order chi connectivity index (χ1) is 15.8. The highest BCUT2D eigenvalue weighted by molar-refractivity contribution is 7.92. The van der Waals surface area contributed by atoms with E-state index in [-0.39, 0.29) is 31.9 Å². The smallest absolute Gasteiger partial charge is 0.416 e. The van der Waals surface area contributed by atoms with Crippen LogP contribution in [0.5, 0.6) is 10.9 Å². The molecule has 4 rings (SSSR count). The molecule has 0 saturated heterocycles. The van der Waals surface area contributed by atoms with E-state index in [1.165, 1.54) is 30.4 Å². The third-order valence-corrected chi connectivity index (χ3v) is 7.76. The molecule has 178 valence electrons. The normalized spacial score (nSPS) is 12.2. The maximum Gasteiger partial charge on any atom is 0.416 e. The highest BCUT2D eigenvalue weighted by Gasteiger charge is 2.31. The second kappa shape index (κ2) is 8.92. The van der Waals surface area contributed by atoms with E-state index in [1.54, 1.807) is 0 Å². The van der Waals surface area contributed by atoms with Crippen LogP contribution in [0.25, 0.3) is 10.2 Å². The van der Waals surface area contributed by atoms with Crippen molar-refractivity contribution >= 4 is 60.5 Å². The summed E-state index contributed by atoms with van der Waals surface area (Å²) in [5.41, 5.74) is 0.821. The van der Waals surface area contributed by atoms with Gasteiger partial charge in [0, 0.05) is 0 Å². The number of ether oxygens (including phenoxy) is 1. The lowest BCUT2D eigenvalue weighted by Gasteiger charge is -2.14. The Balaban J connectivity index is 1.60. The van der Waals surface area contributed by atoms with Crippen LogP contribution >= 0.6 is 34.5 Å². The third-order valence-electron chi connectivity index (χ3n) is 4.76. The molecule has 0 saturated carbocycles. The molecule has 5 nitrogen and oxygen atoms in total. The number of anilines is 1. The highest BCUT2D eigenvalue weighted by Crippen LogP contribution is 2.41. The van der Waals surface area contributed by atoms with Gasteiger partial charge in [0.25, 0.3) is 15.2 Å². The highest BCUT2D eigenvalue weighted by atomic mass is 35.5. The number of thiazole rings is 1. The van der Waals surface area contributed by atoms with Gasteiger partial charge in [-0.05, 0) is 67.4 Å². The molecule has 4 aromatic rings. The van der Waals surface area contributed by atoms with E-state index >= 15 is 0 Å². The SMILES string of the molecule is Cc1ccc2nc(Oc3c(Cl)cc(NS(=O)(=O)c4ccc(C(F)(F)F)cc4C)cc3Cl)sc2c1. The molecule has 1 aromatic heterocycles. The molecule has 0 radical (unpaired) electrons. The minimum Gasteiger partial charge on any atom is -0.428 e. The fourth-order valence-corrected chi connectivity index (χ4v) is 5.95. The Kier molecular flexibility index (Phi) is 6.45. The fourth-order valence-electron chi connectivity index (χ4n) is 3.20. The predicted octanol–water partition coefficient (Wildman–Crippen LogP) is 7.83. The van der Waals surface area contributed by atoms with Gasteiger partial charge in [0.1, 0.15) is 0 Å². The Morgan fingerprint density at radius 1 is 1.00 bits per heavy atom. The molecule has 34 heavy (non-hydrogen) atoms. The lowest BCUT2D eigenvalue weighted by atomic mass is 10.1. The Labute approximate surface area is 207 Å². The Hall–Kier alpha value is -2.53. The summed E-state index contributed by atoms with van der Waals surface area (Å²) < 4.78 is 73.2. The van der Waals surface area contributed by atoms with Crippen LogP contribution < -0.4 is 9.46 Å². The van der Waals surface area contributed by atoms with E-state index in [2.05, 4.69) is 9.71 Å². The van der Waals surface area contributed by atoms with E-state index in [4.69, 9.17) is 27.9 Å². The van der Waals surface area contributed by atoms with Crippen LogP contribution in [0.1, 0.15) is 16.7 Å². The van der Waals surface area contributed by atoms with Gasteiger partial charge in [-0.15, -0.1) is 0 Å². The number of rotatable bonds is 5. The van der Waals surface area contributed by atoms with Gasteiger partial charge in [-0.1, -0.05) is 40.6 Å². The number of aromatic nitrogens is 1. The van der Waals surface area contributed by atoms with Crippen LogP contribution in [0.4, 0.5) is 18.9 Å². The van der Waals surface area contributed by atoms with Crippen LogP contribution in [-0.4, -0.2) is 13.4 Å². The molecule has 0 bridgehead atoms. The van der Waals surface area contributed by atoms with Crippen molar-refractivity contribution in [3.8, 4) is 10.9 Å². The van der Waals surface area contributed by atoms with Gasteiger partial charge < -0.3 is 4.74 Å². The third kappa shape index (κ3) is 5.10. The number of halogens is 5. The van der Waals surface area contributed by atoms with Crippen LogP contribution in [0, 0.1) is 13.8 Å². The van der Waals surface area contributed by atoms with Crippen molar-refractivity contribution in [1.29, 1.82) is 0 Å².